The van der Waals surface area contributed by atoms with Gasteiger partial charge in [0.1, 0.15) is 5.76 Å². The van der Waals surface area contributed by atoms with Gasteiger partial charge in [0, 0.05) is 12.1 Å². The molecule has 0 saturated heterocycles. The molecule has 3 heteroatoms. The molecule has 2 N–H and O–H groups in total. The van der Waals surface area contributed by atoms with Gasteiger partial charge in [-0.25, -0.2) is 0 Å². The third kappa shape index (κ3) is 3.70. The Hall–Kier alpha value is -0.800. The summed E-state index contributed by atoms with van der Waals surface area (Å²) < 4.78 is 5.57. The molecule has 21 heavy (non-hydrogen) atoms. The molecule has 1 fully saturated rings. The van der Waals surface area contributed by atoms with Crippen molar-refractivity contribution in [3.8, 4) is 0 Å². The molecule has 0 amide bonds. The largest absolute Gasteiger partial charge is 0.468 e. The highest BCUT2D eigenvalue weighted by Crippen LogP contribution is 2.52. The summed E-state index contributed by atoms with van der Waals surface area (Å²) in [6.07, 6.45) is 5.34. The monoisotopic (exact) mass is 292 g/mol. The number of hydrogen-bond acceptors (Lipinski definition) is 3. The summed E-state index contributed by atoms with van der Waals surface area (Å²) in [7, 11) is 0. The third-order valence-corrected chi connectivity index (χ3v) is 4.93. The van der Waals surface area contributed by atoms with E-state index in [1.807, 2.05) is 6.07 Å². The molecule has 2 rings (SSSR count). The molecule has 0 atom stereocenters. The zero-order valence-corrected chi connectivity index (χ0v) is 14.4. The normalized spacial score (nSPS) is 23.4. The Morgan fingerprint density at radius 2 is 1.76 bits per heavy atom. The predicted octanol–water partition coefficient (Wildman–Crippen LogP) is 4.04. The first kappa shape index (κ1) is 16.6. The second kappa shape index (κ2) is 5.77. The van der Waals surface area contributed by atoms with Crippen LogP contribution in [0.2, 0.25) is 0 Å². The van der Waals surface area contributed by atoms with Gasteiger partial charge >= 0.3 is 0 Å². The van der Waals surface area contributed by atoms with Crippen molar-refractivity contribution in [3.05, 3.63) is 24.2 Å². The van der Waals surface area contributed by atoms with Crippen LogP contribution in [0.4, 0.5) is 0 Å². The molecule has 3 nitrogen and oxygen atoms in total. The maximum Gasteiger partial charge on any atom is 0.117 e. The summed E-state index contributed by atoms with van der Waals surface area (Å²) in [6.45, 7) is 14.4. The van der Waals surface area contributed by atoms with Crippen LogP contribution in [0.25, 0.3) is 0 Å². The molecular weight excluding hydrogens is 260 g/mol. The van der Waals surface area contributed by atoms with Crippen LogP contribution in [-0.2, 0) is 6.54 Å². The van der Waals surface area contributed by atoms with Crippen molar-refractivity contribution in [2.45, 2.75) is 66.0 Å². The van der Waals surface area contributed by atoms with Crippen LogP contribution in [0, 0.1) is 10.8 Å². The minimum Gasteiger partial charge on any atom is -0.468 e. The first-order chi connectivity index (χ1) is 9.72. The van der Waals surface area contributed by atoms with Gasteiger partial charge in [-0.05, 0) is 48.8 Å². The van der Waals surface area contributed by atoms with Gasteiger partial charge in [-0.2, -0.15) is 0 Å². The molecule has 1 aromatic rings. The van der Waals surface area contributed by atoms with Gasteiger partial charge in [0.25, 0.3) is 0 Å². The molecule has 120 valence electrons. The summed E-state index contributed by atoms with van der Waals surface area (Å²) in [6, 6.07) is 4.03. The minimum absolute atomic E-state index is 0.0762. The number of hydrogen-bond donors (Lipinski definition) is 1. The fourth-order valence-corrected chi connectivity index (χ4v) is 4.97. The third-order valence-electron chi connectivity index (χ3n) is 4.93. The average Bonchev–Trinajstić information content (AvgIpc) is 2.84. The molecular formula is C18H32N2O. The lowest BCUT2D eigenvalue weighted by Gasteiger charge is -2.56. The first-order valence-corrected chi connectivity index (χ1v) is 8.20. The molecule has 1 aromatic heterocycles. The number of furan rings is 1. The van der Waals surface area contributed by atoms with E-state index >= 15 is 0 Å². The van der Waals surface area contributed by atoms with E-state index in [-0.39, 0.29) is 5.54 Å². The van der Waals surface area contributed by atoms with E-state index in [1.165, 1.54) is 6.42 Å². The molecule has 0 unspecified atom stereocenters. The number of nitrogens with two attached hydrogens (primary N) is 1. The van der Waals surface area contributed by atoms with Gasteiger partial charge in [-0.3, -0.25) is 4.90 Å². The van der Waals surface area contributed by atoms with Crippen LogP contribution >= 0.6 is 0 Å². The highest BCUT2D eigenvalue weighted by Gasteiger charge is 2.49. The van der Waals surface area contributed by atoms with Crippen molar-refractivity contribution >= 4 is 0 Å². The van der Waals surface area contributed by atoms with E-state index in [0.717, 1.165) is 31.7 Å². The summed E-state index contributed by atoms with van der Waals surface area (Å²) in [5.74, 6) is 1.03. The zero-order chi connectivity index (χ0) is 15.7. The van der Waals surface area contributed by atoms with E-state index in [4.69, 9.17) is 10.2 Å². The van der Waals surface area contributed by atoms with E-state index < -0.39 is 0 Å². The standard InChI is InChI=1S/C18H32N2O/c1-6-20(10-15-8-7-9-21-15)18(14-19)12-16(2,3)11-17(4,5)13-18/h7-9H,6,10-14,19H2,1-5H3. The Bertz CT molecular complexity index is 432. The van der Waals surface area contributed by atoms with Crippen molar-refractivity contribution in [2.24, 2.45) is 16.6 Å². The van der Waals surface area contributed by atoms with E-state index in [1.54, 1.807) is 6.26 Å². The zero-order valence-electron chi connectivity index (χ0n) is 14.4. The Kier molecular flexibility index (Phi) is 4.55. The van der Waals surface area contributed by atoms with Crippen LogP contribution in [0.5, 0.6) is 0 Å². The average molecular weight is 292 g/mol. The topological polar surface area (TPSA) is 42.4 Å². The first-order valence-electron chi connectivity index (χ1n) is 8.20. The molecule has 1 heterocycles. The Labute approximate surface area is 129 Å². The summed E-state index contributed by atoms with van der Waals surface area (Å²) >= 11 is 0. The molecule has 0 aromatic carbocycles. The van der Waals surface area contributed by atoms with Crippen LogP contribution in [0.3, 0.4) is 0 Å². The van der Waals surface area contributed by atoms with Gasteiger partial charge in [0.15, 0.2) is 0 Å². The molecule has 1 aliphatic rings. The van der Waals surface area contributed by atoms with Crippen molar-refractivity contribution in [3.63, 3.8) is 0 Å². The summed E-state index contributed by atoms with van der Waals surface area (Å²) in [5.41, 5.74) is 7.05. The summed E-state index contributed by atoms with van der Waals surface area (Å²) in [5, 5.41) is 0. The van der Waals surface area contributed by atoms with Crippen LogP contribution < -0.4 is 5.73 Å². The summed E-state index contributed by atoms with van der Waals surface area (Å²) in [4.78, 5) is 2.54. The Morgan fingerprint density at radius 1 is 1.14 bits per heavy atom. The van der Waals surface area contributed by atoms with E-state index in [0.29, 0.717) is 17.4 Å². The minimum atomic E-state index is 0.0762. The quantitative estimate of drug-likeness (QED) is 0.890. The Balaban J connectivity index is 2.29. The second-order valence-electron chi connectivity index (χ2n) is 8.38. The molecule has 1 saturated carbocycles. The van der Waals surface area contributed by atoms with Crippen LogP contribution in [-0.4, -0.2) is 23.5 Å². The lowest BCUT2D eigenvalue weighted by atomic mass is 9.58. The molecule has 0 aliphatic heterocycles. The van der Waals surface area contributed by atoms with Crippen molar-refractivity contribution in [1.29, 1.82) is 0 Å². The molecule has 0 radical (unpaired) electrons. The van der Waals surface area contributed by atoms with Gasteiger partial charge in [0.05, 0.1) is 12.8 Å². The number of rotatable bonds is 5. The van der Waals surface area contributed by atoms with Crippen LogP contribution in [0.1, 0.15) is 59.6 Å². The SMILES string of the molecule is CCN(Cc1ccco1)C1(CN)CC(C)(C)CC(C)(C)C1. The van der Waals surface area contributed by atoms with Gasteiger partial charge in [0.2, 0.25) is 0 Å². The van der Waals surface area contributed by atoms with Crippen LogP contribution in [0.15, 0.2) is 22.8 Å². The second-order valence-corrected chi connectivity index (χ2v) is 8.38. The van der Waals surface area contributed by atoms with Gasteiger partial charge < -0.3 is 10.2 Å². The molecule has 0 spiro atoms. The van der Waals surface area contributed by atoms with Crippen molar-refractivity contribution in [1.82, 2.24) is 4.90 Å². The molecule has 0 bridgehead atoms. The highest BCUT2D eigenvalue weighted by molar-refractivity contribution is 5.07. The highest BCUT2D eigenvalue weighted by atomic mass is 16.3. The van der Waals surface area contributed by atoms with Crippen molar-refractivity contribution in [2.75, 3.05) is 13.1 Å². The van der Waals surface area contributed by atoms with Gasteiger partial charge in [-0.15, -0.1) is 0 Å². The fraction of sp³-hybridized carbons (Fsp3) is 0.778. The maximum absolute atomic E-state index is 6.31. The van der Waals surface area contributed by atoms with Gasteiger partial charge in [-0.1, -0.05) is 34.6 Å². The molecule has 1 aliphatic carbocycles. The smallest absolute Gasteiger partial charge is 0.117 e. The van der Waals surface area contributed by atoms with E-state index in [9.17, 15) is 0 Å². The Morgan fingerprint density at radius 3 is 2.19 bits per heavy atom. The number of nitrogens with zero attached hydrogens (tertiary/aromatic N) is 1. The number of likely N-dealkylation sites (N-methyl/N-ethyl adjacent to an activating group) is 1. The maximum atomic E-state index is 6.31. The lowest BCUT2D eigenvalue weighted by molar-refractivity contribution is -0.0479. The van der Waals surface area contributed by atoms with E-state index in [2.05, 4.69) is 45.6 Å². The fourth-order valence-electron chi connectivity index (χ4n) is 4.97. The predicted molar refractivity (Wildman–Crippen MR) is 88.0 cm³/mol. The van der Waals surface area contributed by atoms with Crippen molar-refractivity contribution < 1.29 is 4.42 Å². The lowest BCUT2D eigenvalue weighted by Crippen LogP contribution is -2.60.